The van der Waals surface area contributed by atoms with Crippen molar-refractivity contribution in [1.82, 2.24) is 9.63 Å². The van der Waals surface area contributed by atoms with E-state index in [2.05, 4.69) is 28.6 Å². The van der Waals surface area contributed by atoms with Crippen LogP contribution in [0.1, 0.15) is 54.2 Å². The van der Waals surface area contributed by atoms with Gasteiger partial charge >= 0.3 is 26.1 Å². The van der Waals surface area contributed by atoms with E-state index in [1.165, 1.54) is 4.57 Å². The number of benzene rings is 2. The summed E-state index contributed by atoms with van der Waals surface area (Å²) >= 11 is 10.5. The first-order valence-corrected chi connectivity index (χ1v) is 15.7. The van der Waals surface area contributed by atoms with E-state index < -0.39 is 49.2 Å². The topological polar surface area (TPSA) is 182 Å². The molecule has 1 N–H and O–H groups in total. The van der Waals surface area contributed by atoms with Gasteiger partial charge in [0.2, 0.25) is 5.91 Å². The summed E-state index contributed by atoms with van der Waals surface area (Å²) in [6.45, 7) is 2.16. The maximum absolute atomic E-state index is 13.5. The predicted octanol–water partition coefficient (Wildman–Crippen LogP) is 4.87. The van der Waals surface area contributed by atoms with Gasteiger partial charge in [0.05, 0.1) is 18.5 Å². The summed E-state index contributed by atoms with van der Waals surface area (Å²) in [5, 5.41) is 22.2. The second kappa shape index (κ2) is 19.8. The summed E-state index contributed by atoms with van der Waals surface area (Å²) < 4.78 is 1.43. The van der Waals surface area contributed by atoms with Gasteiger partial charge in [-0.15, -0.1) is 5.75 Å². The van der Waals surface area contributed by atoms with Crippen LogP contribution in [0.3, 0.4) is 0 Å². The zero-order chi connectivity index (χ0) is 34.5. The minimum absolute atomic E-state index is 0. The molecule has 0 saturated heterocycles. The first-order valence-electron chi connectivity index (χ1n) is 14.8. The number of carboxylic acid groups (broad SMARTS) is 1. The van der Waals surface area contributed by atoms with E-state index in [1.54, 1.807) is 49.4 Å². The van der Waals surface area contributed by atoms with Gasteiger partial charge in [-0.2, -0.15) is 5.06 Å². The Hall–Kier alpha value is -3.91. The van der Waals surface area contributed by atoms with E-state index in [9.17, 15) is 33.9 Å². The van der Waals surface area contributed by atoms with Crippen LogP contribution >= 0.6 is 11.6 Å². The second-order valence-electron chi connectivity index (χ2n) is 10.4. The summed E-state index contributed by atoms with van der Waals surface area (Å²) in [6.07, 6.45) is 2.95. The molecule has 0 unspecified atom stereocenters. The van der Waals surface area contributed by atoms with E-state index in [0.29, 0.717) is 39.2 Å². The maximum atomic E-state index is 13.5. The number of unbranched alkanes of at least 4 members (excludes halogenated alkanes) is 3. The van der Waals surface area contributed by atoms with Gasteiger partial charge in [-0.3, -0.25) is 19.0 Å². The van der Waals surface area contributed by atoms with Gasteiger partial charge in [-0.25, -0.2) is 0 Å². The number of hydrogen-bond acceptors (Lipinski definition) is 8. The third kappa shape index (κ3) is 11.7. The largest absolute Gasteiger partial charge is 4.00 e. The number of aliphatic carboxylic acids is 1. The number of hydroxylamine groups is 2. The Kier molecular flexibility index (Phi) is 16.6. The molecule has 13 nitrogen and oxygen atoms in total. The van der Waals surface area contributed by atoms with Crippen LogP contribution in [0.25, 0.3) is 26.9 Å². The van der Waals surface area contributed by atoms with Crippen LogP contribution in [0, 0.1) is 6.92 Å². The first kappa shape index (κ1) is 40.3. The molecular weight excluding hydrogens is 748 g/mol. The Bertz CT molecular complexity index is 1630. The standard InChI is InChI=1S/C32H38ClN5O8S.Tc/c1-3-4-5-6-13-37(30(42)18-36-28(40)16-34-27(39)17-35-29(41)19-47)46-23-11-12-26-25(14-23)24(15-31(43)44)20(2)38(26)32(45)21-7-9-22(33)10-8-21;/h7-12,14H,3-6,13,15-19H2,1-2H3,(H5,34,35,36,39,40,41,43,44,47);/q;+4/p-4. The monoisotopic (exact) mass is 780 g/mol. The van der Waals surface area contributed by atoms with Crippen molar-refractivity contribution in [2.24, 2.45) is 0 Å². The molecule has 3 aromatic rings. The third-order valence-electron chi connectivity index (χ3n) is 6.93. The summed E-state index contributed by atoms with van der Waals surface area (Å²) in [5.41, 5.74) is 1.65. The van der Waals surface area contributed by atoms with Crippen LogP contribution in [0.15, 0.2) is 42.5 Å². The van der Waals surface area contributed by atoms with Gasteiger partial charge in [0, 0.05) is 39.4 Å². The van der Waals surface area contributed by atoms with E-state index >= 15 is 0 Å². The number of halogens is 1. The Morgan fingerprint density at radius 2 is 1.52 bits per heavy atom. The van der Waals surface area contributed by atoms with Gasteiger partial charge in [-0.1, -0.05) is 50.9 Å². The first-order chi connectivity index (χ1) is 22.4. The molecule has 0 bridgehead atoms. The molecule has 0 atom stereocenters. The van der Waals surface area contributed by atoms with Crippen molar-refractivity contribution < 1.29 is 58.8 Å². The van der Waals surface area contributed by atoms with Crippen LogP contribution in [0.4, 0.5) is 0 Å². The van der Waals surface area contributed by atoms with E-state index in [0.717, 1.165) is 24.3 Å². The zero-order valence-corrected chi connectivity index (χ0v) is 29.7. The Balaban J connectivity index is 0.00000800. The molecule has 0 aliphatic carbocycles. The molecule has 16 heteroatoms. The molecule has 0 aliphatic rings. The number of nitrogens with zero attached hydrogens (tertiary/aromatic N) is 5. The fourth-order valence-electron chi connectivity index (χ4n) is 4.60. The molecule has 3 rings (SSSR count). The van der Waals surface area contributed by atoms with E-state index in [-0.39, 0.29) is 50.5 Å². The molecule has 0 spiro atoms. The number of carbonyl (C=O) groups excluding carboxylic acids is 5. The molecule has 1 heterocycles. The zero-order valence-electron chi connectivity index (χ0n) is 26.3. The van der Waals surface area contributed by atoms with Crippen LogP contribution in [0.5, 0.6) is 5.75 Å². The molecular formula is C32H34ClN5O8STc. The quantitative estimate of drug-likeness (QED) is 0.114. The third-order valence-corrected chi connectivity index (χ3v) is 7.43. The smallest absolute Gasteiger partial charge is 0.787 e. The van der Waals surface area contributed by atoms with Crippen molar-refractivity contribution >= 4 is 70.6 Å². The van der Waals surface area contributed by atoms with Crippen molar-refractivity contribution in [3.63, 3.8) is 0 Å². The van der Waals surface area contributed by atoms with Crippen LogP contribution in [0.2, 0.25) is 5.02 Å². The van der Waals surface area contributed by atoms with Crippen molar-refractivity contribution in [1.29, 1.82) is 0 Å². The molecule has 255 valence electrons. The molecule has 2 aromatic carbocycles. The number of carbonyl (C=O) groups is 6. The minimum Gasteiger partial charge on any atom is -0.787 e. The Morgan fingerprint density at radius 3 is 2.12 bits per heavy atom. The predicted molar refractivity (Wildman–Crippen MR) is 178 cm³/mol. The normalized spacial score (nSPS) is 10.5. The van der Waals surface area contributed by atoms with Crippen LogP contribution in [-0.4, -0.2) is 82.2 Å². The van der Waals surface area contributed by atoms with Gasteiger partial charge in [0.25, 0.3) is 5.91 Å². The Labute approximate surface area is 301 Å². The van der Waals surface area contributed by atoms with E-state index in [1.807, 2.05) is 6.92 Å². The summed E-state index contributed by atoms with van der Waals surface area (Å²) in [7, 11) is 0. The molecule has 1 aromatic heterocycles. The second-order valence-corrected chi connectivity index (χ2v) is 11.1. The number of aromatic nitrogens is 1. The van der Waals surface area contributed by atoms with Gasteiger partial charge in [0.15, 0.2) is 5.75 Å². The van der Waals surface area contributed by atoms with Crippen molar-refractivity contribution in [2.75, 3.05) is 31.9 Å². The SMILES string of the molecule is CCCCCCN(Oc1ccc2c(c1)c(CC(=O)O)c(C)n2C(=O)c1ccc(Cl)cc1)C(=O)C[N-]C(=O)C[N-]C(=O)C[N-]C(=O)C[S-].[Tc+4]. The van der Waals surface area contributed by atoms with Gasteiger partial charge < -0.3 is 52.9 Å². The van der Waals surface area contributed by atoms with Gasteiger partial charge in [-0.05, 0) is 67.9 Å². The van der Waals surface area contributed by atoms with Gasteiger partial charge in [0.1, 0.15) is 0 Å². The van der Waals surface area contributed by atoms with E-state index in [4.69, 9.17) is 16.4 Å². The Morgan fingerprint density at radius 1 is 0.896 bits per heavy atom. The summed E-state index contributed by atoms with van der Waals surface area (Å²) in [6, 6.07) is 11.1. The fourth-order valence-corrected chi connectivity index (χ4v) is 4.82. The number of hydrogen-bond donors (Lipinski definition) is 1. The number of fused-ring (bicyclic) bond motifs is 1. The number of amides is 4. The van der Waals surface area contributed by atoms with Crippen molar-refractivity contribution in [2.45, 2.75) is 46.0 Å². The average Bonchev–Trinajstić information content (AvgIpc) is 3.32. The van der Waals surface area contributed by atoms with Crippen LogP contribution in [-0.2, 0) is 63.1 Å². The maximum Gasteiger partial charge on any atom is 4.00 e. The molecule has 0 fully saturated rings. The minimum atomic E-state index is -1.09. The summed E-state index contributed by atoms with van der Waals surface area (Å²) in [5.74, 6) is -4.43. The molecule has 1 radical (unpaired) electrons. The number of rotatable bonds is 17. The van der Waals surface area contributed by atoms with Crippen LogP contribution < -0.4 is 4.84 Å². The average molecular weight is 782 g/mol. The fraction of sp³-hybridized carbons (Fsp3) is 0.375. The molecule has 0 aliphatic heterocycles. The summed E-state index contributed by atoms with van der Waals surface area (Å²) in [4.78, 5) is 79.4. The van der Waals surface area contributed by atoms with Crippen molar-refractivity contribution in [3.8, 4) is 5.75 Å². The molecule has 4 amide bonds. The molecule has 0 saturated carbocycles. The molecule has 48 heavy (non-hydrogen) atoms. The van der Waals surface area contributed by atoms with Crippen molar-refractivity contribution in [3.05, 3.63) is 80.3 Å². The number of carboxylic acids is 1.